The number of morpholine rings is 1. The van der Waals surface area contributed by atoms with Gasteiger partial charge in [0.15, 0.2) is 0 Å². The van der Waals surface area contributed by atoms with Crippen molar-refractivity contribution in [2.45, 2.75) is 13.8 Å². The lowest BCUT2D eigenvalue weighted by Gasteiger charge is -2.27. The van der Waals surface area contributed by atoms with Gasteiger partial charge >= 0.3 is 0 Å². The van der Waals surface area contributed by atoms with Crippen molar-refractivity contribution in [2.24, 2.45) is 5.41 Å². The number of carbonyl (C=O) groups excluding carboxylic acids is 2. The number of anilines is 1. The van der Waals surface area contributed by atoms with Gasteiger partial charge in [-0.3, -0.25) is 14.5 Å². The molecule has 1 aromatic carbocycles. The molecule has 0 aliphatic carbocycles. The Bertz CT molecular complexity index is 632. The Balaban J connectivity index is 1.88. The Labute approximate surface area is 157 Å². The summed E-state index contributed by atoms with van der Waals surface area (Å²) < 4.78 is 5.29. The lowest BCUT2D eigenvalue weighted by Crippen LogP contribution is -2.48. The molecule has 1 heterocycles. The summed E-state index contributed by atoms with van der Waals surface area (Å²) in [5.41, 5.74) is -0.857. The third-order valence-electron chi connectivity index (χ3n) is 4.13. The molecule has 138 valence electrons. The van der Waals surface area contributed by atoms with Crippen molar-refractivity contribution in [1.29, 1.82) is 0 Å². The van der Waals surface area contributed by atoms with Gasteiger partial charge in [0.1, 0.15) is 5.41 Å². The summed E-state index contributed by atoms with van der Waals surface area (Å²) in [6, 6.07) is 4.77. The third kappa shape index (κ3) is 5.57. The Morgan fingerprint density at radius 1 is 1.20 bits per heavy atom. The molecule has 1 aromatic rings. The second-order valence-electron chi connectivity index (χ2n) is 6.41. The van der Waals surface area contributed by atoms with E-state index in [2.05, 4.69) is 15.5 Å². The van der Waals surface area contributed by atoms with Crippen LogP contribution in [0, 0.1) is 5.41 Å². The maximum atomic E-state index is 12.5. The first-order valence-electron chi connectivity index (χ1n) is 8.15. The van der Waals surface area contributed by atoms with Gasteiger partial charge in [-0.1, -0.05) is 23.2 Å². The second-order valence-corrected chi connectivity index (χ2v) is 7.26. The molecule has 0 unspecified atom stereocenters. The van der Waals surface area contributed by atoms with Gasteiger partial charge in [0.05, 0.1) is 23.9 Å². The molecule has 25 heavy (non-hydrogen) atoms. The second kappa shape index (κ2) is 8.85. The molecule has 1 fully saturated rings. The summed E-state index contributed by atoms with van der Waals surface area (Å²) >= 11 is 12.0. The standard InChI is InChI=1S/C17H23Cl2N3O3/c1-17(2,15(23)20-5-6-22-7-9-25-10-8-22)16(24)21-14-11-12(18)3-4-13(14)19/h3-4,11H,5-10H2,1-2H3,(H,20,23)(H,21,24). The van der Waals surface area contributed by atoms with Crippen LogP contribution in [0.15, 0.2) is 18.2 Å². The highest BCUT2D eigenvalue weighted by molar-refractivity contribution is 6.35. The molecule has 2 rings (SSSR count). The summed E-state index contributed by atoms with van der Waals surface area (Å²) in [4.78, 5) is 27.1. The summed E-state index contributed by atoms with van der Waals surface area (Å²) in [5, 5.41) is 6.30. The molecule has 0 bridgehead atoms. The highest BCUT2D eigenvalue weighted by Gasteiger charge is 2.36. The first-order valence-corrected chi connectivity index (χ1v) is 8.91. The zero-order valence-corrected chi connectivity index (χ0v) is 15.9. The van der Waals surface area contributed by atoms with Gasteiger partial charge in [0.25, 0.3) is 0 Å². The van der Waals surface area contributed by atoms with Crippen LogP contribution < -0.4 is 10.6 Å². The topological polar surface area (TPSA) is 70.7 Å². The normalized spacial score (nSPS) is 15.7. The van der Waals surface area contributed by atoms with E-state index in [1.165, 1.54) is 0 Å². The first kappa shape index (κ1) is 20.0. The van der Waals surface area contributed by atoms with Crippen molar-refractivity contribution < 1.29 is 14.3 Å². The maximum Gasteiger partial charge on any atom is 0.239 e. The van der Waals surface area contributed by atoms with Crippen LogP contribution in [-0.2, 0) is 14.3 Å². The van der Waals surface area contributed by atoms with Gasteiger partial charge in [-0.2, -0.15) is 0 Å². The first-order chi connectivity index (χ1) is 11.8. The summed E-state index contributed by atoms with van der Waals surface area (Å²) in [7, 11) is 0. The van der Waals surface area contributed by atoms with Gasteiger partial charge < -0.3 is 15.4 Å². The fourth-order valence-electron chi connectivity index (χ4n) is 2.35. The van der Waals surface area contributed by atoms with Crippen LogP contribution in [0.2, 0.25) is 10.0 Å². The van der Waals surface area contributed by atoms with Crippen LogP contribution in [0.4, 0.5) is 5.69 Å². The van der Waals surface area contributed by atoms with E-state index < -0.39 is 11.3 Å². The Hall–Kier alpha value is -1.34. The van der Waals surface area contributed by atoms with E-state index >= 15 is 0 Å². The minimum absolute atomic E-state index is 0.337. The van der Waals surface area contributed by atoms with Crippen LogP contribution >= 0.6 is 23.2 Å². The molecule has 0 atom stereocenters. The lowest BCUT2D eigenvalue weighted by atomic mass is 9.91. The number of nitrogens with zero attached hydrogens (tertiary/aromatic N) is 1. The van der Waals surface area contributed by atoms with Gasteiger partial charge in [-0.15, -0.1) is 0 Å². The number of hydrogen-bond donors (Lipinski definition) is 2. The molecule has 1 aliphatic rings. The largest absolute Gasteiger partial charge is 0.379 e. The van der Waals surface area contributed by atoms with Crippen LogP contribution in [0.3, 0.4) is 0 Å². The fraction of sp³-hybridized carbons (Fsp3) is 0.529. The molecular formula is C17H23Cl2N3O3. The molecule has 0 radical (unpaired) electrons. The van der Waals surface area contributed by atoms with Crippen molar-refractivity contribution in [3.63, 3.8) is 0 Å². The van der Waals surface area contributed by atoms with Gasteiger partial charge in [0, 0.05) is 31.2 Å². The molecule has 8 heteroatoms. The van der Waals surface area contributed by atoms with Crippen LogP contribution in [0.5, 0.6) is 0 Å². The van der Waals surface area contributed by atoms with Crippen LogP contribution in [0.1, 0.15) is 13.8 Å². The van der Waals surface area contributed by atoms with E-state index in [0.717, 1.165) is 19.6 Å². The van der Waals surface area contributed by atoms with E-state index in [4.69, 9.17) is 27.9 Å². The molecule has 0 saturated carbocycles. The zero-order valence-electron chi connectivity index (χ0n) is 14.4. The molecule has 2 amide bonds. The SMILES string of the molecule is CC(C)(C(=O)NCCN1CCOCC1)C(=O)Nc1cc(Cl)ccc1Cl. The van der Waals surface area contributed by atoms with Crippen molar-refractivity contribution in [3.8, 4) is 0 Å². The predicted octanol–water partition coefficient (Wildman–Crippen LogP) is 2.41. The average molecular weight is 388 g/mol. The number of nitrogens with one attached hydrogen (secondary N) is 2. The molecule has 2 N–H and O–H groups in total. The summed E-state index contributed by atoms with van der Waals surface area (Å²) in [6.07, 6.45) is 0. The van der Waals surface area contributed by atoms with Crippen molar-refractivity contribution in [2.75, 3.05) is 44.7 Å². The van der Waals surface area contributed by atoms with Gasteiger partial charge in [-0.05, 0) is 32.0 Å². The zero-order chi connectivity index (χ0) is 18.4. The van der Waals surface area contributed by atoms with Gasteiger partial charge in [0.2, 0.25) is 11.8 Å². The highest BCUT2D eigenvalue weighted by Crippen LogP contribution is 2.27. The van der Waals surface area contributed by atoms with E-state index in [-0.39, 0.29) is 5.91 Å². The number of benzene rings is 1. The van der Waals surface area contributed by atoms with Gasteiger partial charge in [-0.25, -0.2) is 0 Å². The molecule has 6 nitrogen and oxygen atoms in total. The number of ether oxygens (including phenoxy) is 1. The number of carbonyl (C=O) groups is 2. The minimum Gasteiger partial charge on any atom is -0.379 e. The minimum atomic E-state index is -1.24. The fourth-order valence-corrected chi connectivity index (χ4v) is 2.69. The summed E-state index contributed by atoms with van der Waals surface area (Å²) in [5.74, 6) is -0.781. The predicted molar refractivity (Wildman–Crippen MR) is 99.1 cm³/mol. The molecule has 1 saturated heterocycles. The number of halogens is 2. The monoisotopic (exact) mass is 387 g/mol. The smallest absolute Gasteiger partial charge is 0.239 e. The van der Waals surface area contributed by atoms with E-state index in [1.54, 1.807) is 32.0 Å². The maximum absolute atomic E-state index is 12.5. The van der Waals surface area contributed by atoms with Crippen molar-refractivity contribution >= 4 is 40.7 Å². The Morgan fingerprint density at radius 2 is 1.88 bits per heavy atom. The van der Waals surface area contributed by atoms with Crippen molar-refractivity contribution in [1.82, 2.24) is 10.2 Å². The third-order valence-corrected chi connectivity index (χ3v) is 4.69. The highest BCUT2D eigenvalue weighted by atomic mass is 35.5. The van der Waals surface area contributed by atoms with E-state index in [9.17, 15) is 9.59 Å². The van der Waals surface area contributed by atoms with Crippen molar-refractivity contribution in [3.05, 3.63) is 28.2 Å². The molecular weight excluding hydrogens is 365 g/mol. The Kier molecular flexibility index (Phi) is 7.07. The molecule has 1 aliphatic heterocycles. The summed E-state index contributed by atoms with van der Waals surface area (Å²) in [6.45, 7) is 7.49. The number of amides is 2. The van der Waals surface area contributed by atoms with Crippen LogP contribution in [-0.4, -0.2) is 56.1 Å². The van der Waals surface area contributed by atoms with Crippen LogP contribution in [0.25, 0.3) is 0 Å². The molecule has 0 spiro atoms. The quantitative estimate of drug-likeness (QED) is 0.735. The number of rotatable bonds is 6. The Morgan fingerprint density at radius 3 is 2.56 bits per heavy atom. The average Bonchev–Trinajstić information content (AvgIpc) is 2.58. The lowest BCUT2D eigenvalue weighted by molar-refractivity contribution is -0.138. The molecule has 0 aromatic heterocycles. The van der Waals surface area contributed by atoms with E-state index in [0.29, 0.717) is 35.5 Å². The van der Waals surface area contributed by atoms with E-state index in [1.807, 2.05) is 0 Å². The number of hydrogen-bond acceptors (Lipinski definition) is 4.